The van der Waals surface area contributed by atoms with E-state index >= 15 is 0 Å². The van der Waals surface area contributed by atoms with Gasteiger partial charge < -0.3 is 10.6 Å². The van der Waals surface area contributed by atoms with Gasteiger partial charge in [0.15, 0.2) is 5.11 Å². The number of Topliss-reactive ketones (excluding diaryl/α,β-unsaturated/α-hetero) is 1. The molecule has 0 saturated heterocycles. The standard InChI is InChI=1S/C21H13Cl2N3OS/c22-17-7-8-18(23)19(10-17)26-21(28)25-12-16(11-24)20(27)15-6-5-13-3-1-2-4-14(13)9-15/h1-10,12H,(H2,25,26,28)/b16-12+. The van der Waals surface area contributed by atoms with Crippen LogP contribution in [-0.4, -0.2) is 10.9 Å². The molecule has 0 aliphatic carbocycles. The molecule has 28 heavy (non-hydrogen) atoms. The lowest BCUT2D eigenvalue weighted by molar-refractivity contribution is 0.103. The molecule has 0 radical (unpaired) electrons. The number of halogens is 2. The Hall–Kier alpha value is -2.91. The highest BCUT2D eigenvalue weighted by molar-refractivity contribution is 7.80. The molecular weight excluding hydrogens is 413 g/mol. The zero-order chi connectivity index (χ0) is 20.1. The summed E-state index contributed by atoms with van der Waals surface area (Å²) in [4.78, 5) is 12.7. The smallest absolute Gasteiger partial charge is 0.205 e. The lowest BCUT2D eigenvalue weighted by atomic mass is 10.0. The van der Waals surface area contributed by atoms with E-state index in [-0.39, 0.29) is 10.7 Å². The van der Waals surface area contributed by atoms with Gasteiger partial charge in [-0.2, -0.15) is 5.26 Å². The van der Waals surface area contributed by atoms with Crippen molar-refractivity contribution >= 4 is 62.8 Å². The summed E-state index contributed by atoms with van der Waals surface area (Å²) in [5.41, 5.74) is 0.862. The fourth-order valence-corrected chi connectivity index (χ4v) is 3.03. The summed E-state index contributed by atoms with van der Waals surface area (Å²) < 4.78 is 0. The molecule has 2 N–H and O–H groups in total. The largest absolute Gasteiger partial charge is 0.338 e. The van der Waals surface area contributed by atoms with Crippen molar-refractivity contribution in [1.29, 1.82) is 5.26 Å². The van der Waals surface area contributed by atoms with Gasteiger partial charge in [0.1, 0.15) is 11.6 Å². The zero-order valence-electron chi connectivity index (χ0n) is 14.4. The lowest BCUT2D eigenvalue weighted by Gasteiger charge is -2.10. The van der Waals surface area contributed by atoms with Crippen molar-refractivity contribution in [3.63, 3.8) is 0 Å². The maximum absolute atomic E-state index is 12.7. The van der Waals surface area contributed by atoms with E-state index in [9.17, 15) is 10.1 Å². The fourth-order valence-electron chi connectivity index (χ4n) is 2.52. The quantitative estimate of drug-likeness (QED) is 0.242. The number of fused-ring (bicyclic) bond motifs is 1. The molecule has 0 fully saturated rings. The van der Waals surface area contributed by atoms with Crippen molar-refractivity contribution in [2.45, 2.75) is 0 Å². The third-order valence-corrected chi connectivity index (χ3v) is 4.69. The Morgan fingerprint density at radius 1 is 1.04 bits per heavy atom. The lowest BCUT2D eigenvalue weighted by Crippen LogP contribution is -2.25. The SMILES string of the molecule is N#C/C(=C\NC(=S)Nc1cc(Cl)ccc1Cl)C(=O)c1ccc2ccccc2c1. The molecular formula is C21H13Cl2N3OS. The monoisotopic (exact) mass is 425 g/mol. The van der Waals surface area contributed by atoms with Crippen LogP contribution >= 0.6 is 35.4 Å². The Morgan fingerprint density at radius 2 is 1.79 bits per heavy atom. The van der Waals surface area contributed by atoms with Gasteiger partial charge in [0.25, 0.3) is 0 Å². The van der Waals surface area contributed by atoms with Gasteiger partial charge in [-0.3, -0.25) is 4.79 Å². The number of anilines is 1. The minimum Gasteiger partial charge on any atom is -0.338 e. The van der Waals surface area contributed by atoms with Crippen LogP contribution in [0.2, 0.25) is 10.0 Å². The second-order valence-corrected chi connectivity index (χ2v) is 7.04. The minimum atomic E-state index is -0.399. The summed E-state index contributed by atoms with van der Waals surface area (Å²) in [6.07, 6.45) is 1.27. The molecule has 0 unspecified atom stereocenters. The molecule has 0 heterocycles. The first-order valence-electron chi connectivity index (χ1n) is 8.14. The zero-order valence-corrected chi connectivity index (χ0v) is 16.7. The number of hydrogen-bond donors (Lipinski definition) is 2. The molecule has 3 rings (SSSR count). The fraction of sp³-hybridized carbons (Fsp3) is 0. The number of benzene rings is 3. The Balaban J connectivity index is 1.75. The first-order chi connectivity index (χ1) is 13.5. The van der Waals surface area contributed by atoms with Crippen molar-refractivity contribution in [2.24, 2.45) is 0 Å². The average Bonchev–Trinajstić information content (AvgIpc) is 2.70. The number of allylic oxidation sites excluding steroid dienone is 1. The van der Waals surface area contributed by atoms with Gasteiger partial charge >= 0.3 is 0 Å². The molecule has 3 aromatic rings. The molecule has 0 spiro atoms. The topological polar surface area (TPSA) is 64.9 Å². The van der Waals surface area contributed by atoms with Crippen LogP contribution in [0.1, 0.15) is 10.4 Å². The van der Waals surface area contributed by atoms with E-state index in [0.29, 0.717) is 21.3 Å². The Bertz CT molecular complexity index is 1150. The summed E-state index contributed by atoms with van der Waals surface area (Å²) in [7, 11) is 0. The molecule has 7 heteroatoms. The summed E-state index contributed by atoms with van der Waals surface area (Å²) in [6.45, 7) is 0. The van der Waals surface area contributed by atoms with Crippen LogP contribution in [0.4, 0.5) is 5.69 Å². The number of ketones is 1. The molecule has 0 bridgehead atoms. The van der Waals surface area contributed by atoms with Gasteiger partial charge in [0.2, 0.25) is 5.78 Å². The highest BCUT2D eigenvalue weighted by atomic mass is 35.5. The third kappa shape index (κ3) is 4.68. The number of thiocarbonyl (C=S) groups is 1. The van der Waals surface area contributed by atoms with Crippen LogP contribution in [-0.2, 0) is 0 Å². The third-order valence-electron chi connectivity index (χ3n) is 3.90. The Morgan fingerprint density at radius 3 is 2.54 bits per heavy atom. The van der Waals surface area contributed by atoms with Gasteiger partial charge in [-0.1, -0.05) is 59.6 Å². The van der Waals surface area contributed by atoms with Gasteiger partial charge in [-0.15, -0.1) is 0 Å². The van der Waals surface area contributed by atoms with Crippen molar-refractivity contribution < 1.29 is 4.79 Å². The van der Waals surface area contributed by atoms with Crippen LogP contribution in [0.5, 0.6) is 0 Å². The second-order valence-electron chi connectivity index (χ2n) is 5.78. The number of carbonyl (C=O) groups excluding carboxylic acids is 1. The van der Waals surface area contributed by atoms with Crippen molar-refractivity contribution in [2.75, 3.05) is 5.32 Å². The maximum atomic E-state index is 12.7. The van der Waals surface area contributed by atoms with Gasteiger partial charge in [-0.05, 0) is 47.3 Å². The molecule has 138 valence electrons. The van der Waals surface area contributed by atoms with Gasteiger partial charge in [0.05, 0.1) is 10.7 Å². The Labute approximate surface area is 177 Å². The number of nitrogens with one attached hydrogen (secondary N) is 2. The van der Waals surface area contributed by atoms with E-state index in [1.54, 1.807) is 30.3 Å². The van der Waals surface area contributed by atoms with E-state index in [1.165, 1.54) is 6.20 Å². The number of hydrogen-bond acceptors (Lipinski definition) is 3. The summed E-state index contributed by atoms with van der Waals surface area (Å²) in [5, 5.41) is 18.0. The van der Waals surface area contributed by atoms with Crippen molar-refractivity contribution in [3.8, 4) is 6.07 Å². The van der Waals surface area contributed by atoms with Gasteiger partial charge in [-0.25, -0.2) is 0 Å². The van der Waals surface area contributed by atoms with Crippen LogP contribution in [0, 0.1) is 11.3 Å². The average molecular weight is 426 g/mol. The van der Waals surface area contributed by atoms with E-state index in [4.69, 9.17) is 35.4 Å². The first kappa shape index (κ1) is 19.8. The highest BCUT2D eigenvalue weighted by Crippen LogP contribution is 2.25. The molecule has 0 saturated carbocycles. The van der Waals surface area contributed by atoms with E-state index in [2.05, 4.69) is 10.6 Å². The highest BCUT2D eigenvalue weighted by Gasteiger charge is 2.13. The van der Waals surface area contributed by atoms with E-state index in [0.717, 1.165) is 10.8 Å². The van der Waals surface area contributed by atoms with Crippen LogP contribution in [0.25, 0.3) is 10.8 Å². The van der Waals surface area contributed by atoms with Crippen LogP contribution in [0.15, 0.2) is 72.4 Å². The van der Waals surface area contributed by atoms with E-state index in [1.807, 2.05) is 36.4 Å². The molecule has 0 aromatic heterocycles. The predicted molar refractivity (Wildman–Crippen MR) is 118 cm³/mol. The number of nitriles is 1. The predicted octanol–water partition coefficient (Wildman–Crippen LogP) is 5.72. The number of carbonyl (C=O) groups is 1. The molecule has 3 aromatic carbocycles. The normalized spacial score (nSPS) is 11.0. The molecule has 0 aliphatic rings. The summed E-state index contributed by atoms with van der Waals surface area (Å²) in [6, 6.07) is 19.8. The second kappa shape index (κ2) is 8.85. The first-order valence-corrected chi connectivity index (χ1v) is 9.30. The maximum Gasteiger partial charge on any atom is 0.205 e. The Kier molecular flexibility index (Phi) is 6.27. The summed E-state index contributed by atoms with van der Waals surface area (Å²) in [5.74, 6) is -0.399. The molecule has 0 atom stereocenters. The van der Waals surface area contributed by atoms with Crippen LogP contribution in [0.3, 0.4) is 0 Å². The van der Waals surface area contributed by atoms with Crippen molar-refractivity contribution in [3.05, 3.63) is 88.0 Å². The van der Waals surface area contributed by atoms with E-state index < -0.39 is 5.78 Å². The van der Waals surface area contributed by atoms with Gasteiger partial charge in [0, 0.05) is 16.8 Å². The molecule has 0 aliphatic heterocycles. The van der Waals surface area contributed by atoms with Crippen LogP contribution < -0.4 is 10.6 Å². The summed E-state index contributed by atoms with van der Waals surface area (Å²) >= 11 is 17.2. The molecule has 0 amide bonds. The van der Waals surface area contributed by atoms with Crippen molar-refractivity contribution in [1.82, 2.24) is 5.32 Å². The molecule has 4 nitrogen and oxygen atoms in total. The minimum absolute atomic E-state index is 0.0726. The number of rotatable bonds is 4. The number of nitrogens with zero attached hydrogens (tertiary/aromatic N) is 1.